The molecule has 0 aliphatic rings. The first kappa shape index (κ1) is 23.0. The first-order valence-corrected chi connectivity index (χ1v) is 12.0. The lowest BCUT2D eigenvalue weighted by atomic mass is 10.2. The molecule has 4 aromatic rings. The summed E-state index contributed by atoms with van der Waals surface area (Å²) in [5, 5.41) is 16.3. The zero-order chi connectivity index (χ0) is 23.4. The predicted molar refractivity (Wildman–Crippen MR) is 129 cm³/mol. The summed E-state index contributed by atoms with van der Waals surface area (Å²) in [6.45, 7) is 1.80. The summed E-state index contributed by atoms with van der Waals surface area (Å²) in [5.41, 5.74) is 2.62. The molecule has 3 heterocycles. The van der Waals surface area contributed by atoms with Crippen LogP contribution in [-0.2, 0) is 4.79 Å². The molecule has 1 atom stereocenters. The normalized spacial score (nSPS) is 12.5. The molecule has 0 bridgehead atoms. The Morgan fingerprint density at radius 2 is 2.03 bits per heavy atom. The van der Waals surface area contributed by atoms with Crippen molar-refractivity contribution < 1.29 is 9.18 Å². The van der Waals surface area contributed by atoms with Crippen molar-refractivity contribution in [3.05, 3.63) is 82.8 Å². The number of halogens is 2. The second kappa shape index (κ2) is 10.2. The lowest BCUT2D eigenvalue weighted by molar-refractivity contribution is -0.117. The van der Waals surface area contributed by atoms with Crippen LogP contribution in [0.2, 0.25) is 5.15 Å². The molecule has 0 saturated heterocycles. The Kier molecular flexibility index (Phi) is 7.10. The fourth-order valence-corrected chi connectivity index (χ4v) is 4.24. The molecule has 170 valence electrons. The second-order valence-corrected chi connectivity index (χ2v) is 8.68. The van der Waals surface area contributed by atoms with Crippen molar-refractivity contribution in [3.63, 3.8) is 0 Å². The monoisotopic (exact) mass is 484 g/mol. The summed E-state index contributed by atoms with van der Waals surface area (Å²) in [6.07, 6.45) is 7.67. The zero-order valence-corrected chi connectivity index (χ0v) is 19.6. The maximum Gasteiger partial charge on any atom is 0.244 e. The average molecular weight is 485 g/mol. The van der Waals surface area contributed by atoms with Crippen molar-refractivity contribution in [1.29, 1.82) is 0 Å². The summed E-state index contributed by atoms with van der Waals surface area (Å²) in [5.74, 6) is 0.914. The van der Waals surface area contributed by atoms with Gasteiger partial charge in [0.25, 0.3) is 0 Å². The number of nitrogens with one attached hydrogen (secondary N) is 1. The van der Waals surface area contributed by atoms with E-state index in [2.05, 4.69) is 20.6 Å². The van der Waals surface area contributed by atoms with Gasteiger partial charge >= 0.3 is 0 Å². The van der Waals surface area contributed by atoms with Crippen LogP contribution in [0.5, 0.6) is 0 Å². The van der Waals surface area contributed by atoms with Gasteiger partial charge in [-0.2, -0.15) is 16.9 Å². The van der Waals surface area contributed by atoms with E-state index in [-0.39, 0.29) is 17.8 Å². The number of nitrogens with zero attached hydrogens (tertiary/aromatic N) is 5. The number of hydrogen-bond donors (Lipinski definition) is 1. The van der Waals surface area contributed by atoms with E-state index in [9.17, 15) is 9.18 Å². The Labute approximate surface area is 199 Å². The summed E-state index contributed by atoms with van der Waals surface area (Å²) < 4.78 is 16.6. The zero-order valence-electron chi connectivity index (χ0n) is 18.1. The summed E-state index contributed by atoms with van der Waals surface area (Å²) in [6, 6.07) is 11.2. The number of benzene rings is 1. The molecule has 0 spiro atoms. The van der Waals surface area contributed by atoms with Crippen LogP contribution in [0.4, 0.5) is 4.39 Å². The van der Waals surface area contributed by atoms with E-state index in [0.717, 1.165) is 11.4 Å². The molecular weight excluding hydrogens is 463 g/mol. The van der Waals surface area contributed by atoms with E-state index in [0.29, 0.717) is 34.3 Å². The second-order valence-electron chi connectivity index (χ2n) is 7.34. The molecule has 1 N–H and O–H groups in total. The molecule has 33 heavy (non-hydrogen) atoms. The van der Waals surface area contributed by atoms with Crippen molar-refractivity contribution in [2.45, 2.75) is 19.4 Å². The van der Waals surface area contributed by atoms with Gasteiger partial charge < -0.3 is 5.32 Å². The van der Waals surface area contributed by atoms with Gasteiger partial charge in [0, 0.05) is 17.8 Å². The number of aryl methyl sites for hydroxylation is 1. The number of hydrogen-bond acceptors (Lipinski definition) is 5. The smallest absolute Gasteiger partial charge is 0.244 e. The molecule has 0 fully saturated rings. The Hall–Kier alpha value is -3.17. The molecule has 1 unspecified atom stereocenters. The number of amides is 1. The maximum absolute atomic E-state index is 13.2. The fourth-order valence-electron chi connectivity index (χ4n) is 3.43. The molecular formula is C23H22ClFN6OS. The number of thioether (sulfide) groups is 1. The lowest BCUT2D eigenvalue weighted by Crippen LogP contribution is -2.29. The minimum atomic E-state index is -0.341. The topological polar surface area (TPSA) is 77.1 Å². The highest BCUT2D eigenvalue weighted by atomic mass is 35.5. The number of carbonyl (C=O) groups excluding carboxylic acids is 1. The van der Waals surface area contributed by atoms with Gasteiger partial charge in [0.05, 0.1) is 17.4 Å². The SMILES string of the molecule is CSCCC(NC(=O)/C=C/c1c(C)nn(-c2ccc(F)cc2)c1Cl)c1nnc2ccccn12. The van der Waals surface area contributed by atoms with Crippen molar-refractivity contribution in [2.24, 2.45) is 0 Å². The summed E-state index contributed by atoms with van der Waals surface area (Å²) in [4.78, 5) is 12.8. The number of rotatable bonds is 8. The number of fused-ring (bicyclic) bond motifs is 1. The number of aromatic nitrogens is 5. The van der Waals surface area contributed by atoms with Crippen molar-refractivity contribution in [3.8, 4) is 5.69 Å². The lowest BCUT2D eigenvalue weighted by Gasteiger charge is -2.15. The average Bonchev–Trinajstić information content (AvgIpc) is 3.36. The largest absolute Gasteiger partial charge is 0.342 e. The molecule has 0 aliphatic heterocycles. The highest BCUT2D eigenvalue weighted by Crippen LogP contribution is 2.25. The van der Waals surface area contributed by atoms with Gasteiger partial charge in [-0.05, 0) is 67.8 Å². The third-order valence-corrected chi connectivity index (χ3v) is 6.11. The van der Waals surface area contributed by atoms with Crippen LogP contribution in [0.25, 0.3) is 17.4 Å². The van der Waals surface area contributed by atoms with Crippen molar-refractivity contribution >= 4 is 41.0 Å². The Morgan fingerprint density at radius 3 is 2.79 bits per heavy atom. The van der Waals surface area contributed by atoms with Crippen LogP contribution in [0.3, 0.4) is 0 Å². The van der Waals surface area contributed by atoms with E-state index in [1.807, 2.05) is 35.1 Å². The molecule has 0 radical (unpaired) electrons. The van der Waals surface area contributed by atoms with E-state index in [4.69, 9.17) is 11.6 Å². The summed E-state index contributed by atoms with van der Waals surface area (Å²) >= 11 is 8.20. The van der Waals surface area contributed by atoms with Gasteiger partial charge in [0.15, 0.2) is 11.5 Å². The Morgan fingerprint density at radius 1 is 1.24 bits per heavy atom. The molecule has 0 aliphatic carbocycles. The third-order valence-electron chi connectivity index (χ3n) is 5.10. The van der Waals surface area contributed by atoms with Gasteiger partial charge in [-0.15, -0.1) is 10.2 Å². The van der Waals surface area contributed by atoms with Gasteiger partial charge in [0.2, 0.25) is 5.91 Å². The van der Waals surface area contributed by atoms with E-state index >= 15 is 0 Å². The predicted octanol–water partition coefficient (Wildman–Crippen LogP) is 4.64. The molecule has 4 rings (SSSR count). The van der Waals surface area contributed by atoms with E-state index in [1.165, 1.54) is 22.9 Å². The highest BCUT2D eigenvalue weighted by molar-refractivity contribution is 7.98. The molecule has 1 aromatic carbocycles. The number of pyridine rings is 1. The van der Waals surface area contributed by atoms with Crippen molar-refractivity contribution in [2.75, 3.05) is 12.0 Å². The molecule has 10 heteroatoms. The summed E-state index contributed by atoms with van der Waals surface area (Å²) in [7, 11) is 0. The fraction of sp³-hybridized carbons (Fsp3) is 0.217. The number of carbonyl (C=O) groups is 1. The van der Waals surface area contributed by atoms with Crippen LogP contribution >= 0.6 is 23.4 Å². The Balaban J connectivity index is 1.54. The molecule has 3 aromatic heterocycles. The highest BCUT2D eigenvalue weighted by Gasteiger charge is 2.20. The van der Waals surface area contributed by atoms with Crippen LogP contribution in [-0.4, -0.2) is 42.3 Å². The van der Waals surface area contributed by atoms with Gasteiger partial charge in [0.1, 0.15) is 11.0 Å². The molecule has 1 amide bonds. The van der Waals surface area contributed by atoms with E-state index < -0.39 is 0 Å². The standard InChI is InChI=1S/C23H22ClFN6OS/c1-15-18(22(24)31(29-15)17-8-6-16(25)7-9-17)10-11-21(32)26-19(12-14-33-2)23-28-27-20-5-3-4-13-30(20)23/h3-11,13,19H,12,14H2,1-2H3,(H,26,32)/b11-10+. The first-order valence-electron chi connectivity index (χ1n) is 10.3. The molecule has 0 saturated carbocycles. The minimum absolute atomic E-state index is 0.279. The van der Waals surface area contributed by atoms with Crippen molar-refractivity contribution in [1.82, 2.24) is 29.7 Å². The van der Waals surface area contributed by atoms with Crippen LogP contribution in [0.1, 0.15) is 29.5 Å². The van der Waals surface area contributed by atoms with E-state index in [1.54, 1.807) is 36.9 Å². The Bertz CT molecular complexity index is 1300. The van der Waals surface area contributed by atoms with Crippen LogP contribution in [0, 0.1) is 12.7 Å². The van der Waals surface area contributed by atoms with Crippen LogP contribution in [0.15, 0.2) is 54.7 Å². The first-order chi connectivity index (χ1) is 16.0. The third kappa shape index (κ3) is 5.09. The van der Waals surface area contributed by atoms with Crippen LogP contribution < -0.4 is 5.32 Å². The minimum Gasteiger partial charge on any atom is -0.342 e. The maximum atomic E-state index is 13.2. The van der Waals surface area contributed by atoms with Gasteiger partial charge in [-0.3, -0.25) is 9.20 Å². The van der Waals surface area contributed by atoms with Gasteiger partial charge in [-0.25, -0.2) is 9.07 Å². The molecule has 7 nitrogen and oxygen atoms in total. The van der Waals surface area contributed by atoms with Gasteiger partial charge in [-0.1, -0.05) is 17.7 Å². The quantitative estimate of drug-likeness (QED) is 0.369.